The molecule has 66 valence electrons. The van der Waals surface area contributed by atoms with Crippen molar-refractivity contribution >= 4 is 10.2 Å². The summed E-state index contributed by atoms with van der Waals surface area (Å²) in [5.74, 6) is 0. The maximum atomic E-state index is 4.07. The fourth-order valence-electron chi connectivity index (χ4n) is 0.592. The van der Waals surface area contributed by atoms with Crippen molar-refractivity contribution in [2.75, 3.05) is 6.54 Å². The molecule has 0 aromatic carbocycles. The van der Waals surface area contributed by atoms with Crippen molar-refractivity contribution < 1.29 is 0 Å². The molecule has 0 atom stereocenters. The van der Waals surface area contributed by atoms with Gasteiger partial charge in [-0.05, 0) is 5.04 Å². The molecule has 0 saturated carbocycles. The quantitative estimate of drug-likeness (QED) is 0.493. The van der Waals surface area contributed by atoms with Crippen molar-refractivity contribution in [3.05, 3.63) is 12.2 Å². The summed E-state index contributed by atoms with van der Waals surface area (Å²) in [7, 11) is 1.18. The lowest BCUT2D eigenvalue weighted by Crippen LogP contribution is -2.27. The molecular weight excluding hydrogens is 150 g/mol. The largest absolute Gasteiger partial charge is 0.311 e. The second kappa shape index (κ2) is 4.07. The van der Waals surface area contributed by atoms with Crippen LogP contribution in [0.3, 0.4) is 0 Å². The van der Waals surface area contributed by atoms with Crippen LogP contribution in [0.15, 0.2) is 12.2 Å². The molecule has 0 aliphatic rings. The van der Waals surface area contributed by atoms with Gasteiger partial charge in [-0.25, -0.2) is 0 Å². The summed E-state index contributed by atoms with van der Waals surface area (Å²) in [4.78, 5) is 0. The second-order valence-corrected chi connectivity index (χ2v) is 6.89. The summed E-state index contributed by atoms with van der Waals surface area (Å²) in [5.41, 5.74) is 1.33. The lowest BCUT2D eigenvalue weighted by Gasteiger charge is -2.23. The van der Waals surface area contributed by atoms with E-state index in [2.05, 4.69) is 39.6 Å². The van der Waals surface area contributed by atoms with E-state index in [1.165, 1.54) is 15.8 Å². The minimum Gasteiger partial charge on any atom is -0.311 e. The van der Waals surface area contributed by atoms with Gasteiger partial charge in [0, 0.05) is 22.8 Å². The van der Waals surface area contributed by atoms with Crippen LogP contribution in [-0.2, 0) is 0 Å². The molecule has 0 spiro atoms. The number of hydrogen-bond acceptors (Lipinski definition) is 1. The van der Waals surface area contributed by atoms with Gasteiger partial charge >= 0.3 is 0 Å². The maximum Gasteiger partial charge on any atom is 0.0166 e. The molecule has 0 amide bonds. The first-order chi connectivity index (χ1) is 4.84. The van der Waals surface area contributed by atoms with Gasteiger partial charge in [0.2, 0.25) is 0 Å². The fourth-order valence-corrected chi connectivity index (χ4v) is 0.769. The van der Waals surface area contributed by atoms with Crippen LogP contribution in [0.25, 0.3) is 0 Å². The Hall–Kier alpha value is -0.0831. The van der Waals surface area contributed by atoms with Crippen molar-refractivity contribution in [3.8, 4) is 0 Å². The molecule has 1 N–H and O–H groups in total. The van der Waals surface area contributed by atoms with Crippen molar-refractivity contribution in [1.29, 1.82) is 0 Å². The minimum absolute atomic E-state index is 0.377. The van der Waals surface area contributed by atoms with Crippen LogP contribution >= 0.6 is 0 Å². The summed E-state index contributed by atoms with van der Waals surface area (Å²) < 4.78 is 0. The Morgan fingerprint density at radius 2 is 2.00 bits per heavy atom. The minimum atomic E-state index is 0.377. The van der Waals surface area contributed by atoms with E-state index in [1.54, 1.807) is 0 Å². The van der Waals surface area contributed by atoms with E-state index in [0.717, 1.165) is 6.54 Å². The molecule has 0 rings (SSSR count). The highest BCUT2D eigenvalue weighted by atomic mass is 28.1. The molecule has 0 fully saturated rings. The molecule has 0 bridgehead atoms. The van der Waals surface area contributed by atoms with E-state index in [0.29, 0.717) is 11.1 Å². The number of rotatable bonds is 4. The predicted molar refractivity (Wildman–Crippen MR) is 56.3 cm³/mol. The molecule has 0 saturated heterocycles. The zero-order valence-electron chi connectivity index (χ0n) is 8.49. The molecule has 0 heterocycles. The smallest absolute Gasteiger partial charge is 0.0166 e. The summed E-state index contributed by atoms with van der Waals surface area (Å²) in [6.45, 7) is 13.9. The van der Waals surface area contributed by atoms with Gasteiger partial charge in [-0.2, -0.15) is 0 Å². The standard InChI is InChI=1S/C9H21NSi/c1-7(2)10-6-8(3)9(4,5)11/h7,10H,3,6H2,1-2,4-5,11H3. The first kappa shape index (κ1) is 10.9. The third-order valence-corrected chi connectivity index (χ3v) is 2.49. The van der Waals surface area contributed by atoms with E-state index < -0.39 is 0 Å². The first-order valence-electron chi connectivity index (χ1n) is 4.25. The van der Waals surface area contributed by atoms with Gasteiger partial charge in [-0.1, -0.05) is 39.8 Å². The number of nitrogens with one attached hydrogen (secondary N) is 1. The summed E-state index contributed by atoms with van der Waals surface area (Å²) in [5, 5.41) is 3.75. The monoisotopic (exact) mass is 171 g/mol. The van der Waals surface area contributed by atoms with E-state index in [4.69, 9.17) is 0 Å². The Bertz CT molecular complexity index is 133. The zero-order valence-corrected chi connectivity index (χ0v) is 10.5. The van der Waals surface area contributed by atoms with Gasteiger partial charge in [0.05, 0.1) is 0 Å². The molecule has 0 aromatic rings. The average Bonchev–Trinajstić information content (AvgIpc) is 1.80. The van der Waals surface area contributed by atoms with Crippen LogP contribution in [0.1, 0.15) is 27.7 Å². The van der Waals surface area contributed by atoms with E-state index >= 15 is 0 Å². The SMILES string of the molecule is C=C(CNC(C)C)C(C)(C)[SiH3]. The Morgan fingerprint density at radius 1 is 1.55 bits per heavy atom. The van der Waals surface area contributed by atoms with Gasteiger partial charge in [0.1, 0.15) is 0 Å². The number of hydrogen-bond donors (Lipinski definition) is 1. The van der Waals surface area contributed by atoms with Gasteiger partial charge in [0.15, 0.2) is 0 Å². The van der Waals surface area contributed by atoms with Gasteiger partial charge < -0.3 is 5.32 Å². The van der Waals surface area contributed by atoms with Crippen LogP contribution in [0.5, 0.6) is 0 Å². The Morgan fingerprint density at radius 3 is 2.27 bits per heavy atom. The molecule has 2 heteroatoms. The highest BCUT2D eigenvalue weighted by Crippen LogP contribution is 2.27. The van der Waals surface area contributed by atoms with E-state index in [-0.39, 0.29) is 0 Å². The molecule has 0 unspecified atom stereocenters. The van der Waals surface area contributed by atoms with Gasteiger partial charge in [-0.3, -0.25) is 0 Å². The Kier molecular flexibility index (Phi) is 4.04. The highest BCUT2D eigenvalue weighted by Gasteiger charge is 2.13. The zero-order chi connectivity index (χ0) is 9.07. The third-order valence-electron chi connectivity index (χ3n) is 1.78. The van der Waals surface area contributed by atoms with Crippen LogP contribution in [0.2, 0.25) is 5.04 Å². The lowest BCUT2D eigenvalue weighted by molar-refractivity contribution is 0.597. The lowest BCUT2D eigenvalue weighted by atomic mass is 10.0. The van der Waals surface area contributed by atoms with E-state index in [1.807, 2.05) is 0 Å². The second-order valence-electron chi connectivity index (χ2n) is 4.39. The average molecular weight is 171 g/mol. The summed E-state index contributed by atoms with van der Waals surface area (Å²) in [6.07, 6.45) is 0. The third kappa shape index (κ3) is 5.22. The maximum absolute atomic E-state index is 4.07. The van der Waals surface area contributed by atoms with Gasteiger partial charge in [0.25, 0.3) is 0 Å². The van der Waals surface area contributed by atoms with Gasteiger partial charge in [-0.15, -0.1) is 0 Å². The Balaban J connectivity index is 3.71. The molecule has 0 aliphatic heterocycles. The predicted octanol–water partition coefficient (Wildman–Crippen LogP) is 1.10. The molecular formula is C9H21NSi. The normalized spacial score (nSPS) is 12.5. The molecule has 0 aromatic heterocycles. The summed E-state index contributed by atoms with van der Waals surface area (Å²) in [6, 6.07) is 0.566. The Labute approximate surface area is 73.7 Å². The molecule has 11 heavy (non-hydrogen) atoms. The highest BCUT2D eigenvalue weighted by molar-refractivity contribution is 6.16. The van der Waals surface area contributed by atoms with Crippen LogP contribution in [-0.4, -0.2) is 22.8 Å². The van der Waals surface area contributed by atoms with Crippen molar-refractivity contribution in [1.82, 2.24) is 5.32 Å². The topological polar surface area (TPSA) is 12.0 Å². The van der Waals surface area contributed by atoms with Crippen LogP contribution < -0.4 is 5.32 Å². The van der Waals surface area contributed by atoms with Crippen molar-refractivity contribution in [2.45, 2.75) is 38.8 Å². The molecule has 0 aliphatic carbocycles. The van der Waals surface area contributed by atoms with Crippen molar-refractivity contribution in [2.24, 2.45) is 0 Å². The first-order valence-corrected chi connectivity index (χ1v) is 5.25. The summed E-state index contributed by atoms with van der Waals surface area (Å²) >= 11 is 0. The fraction of sp³-hybridized carbons (Fsp3) is 0.778. The molecule has 1 nitrogen and oxygen atoms in total. The molecule has 0 radical (unpaired) electrons. The van der Waals surface area contributed by atoms with Crippen LogP contribution in [0.4, 0.5) is 0 Å². The van der Waals surface area contributed by atoms with E-state index in [9.17, 15) is 0 Å². The van der Waals surface area contributed by atoms with Crippen molar-refractivity contribution in [3.63, 3.8) is 0 Å². The van der Waals surface area contributed by atoms with Crippen LogP contribution in [0, 0.1) is 0 Å².